The topological polar surface area (TPSA) is 0 Å². The second-order valence-electron chi connectivity index (χ2n) is 3.10. The van der Waals surface area contributed by atoms with E-state index in [0.717, 1.165) is 5.92 Å². The number of hydrogen-bond acceptors (Lipinski definition) is 0. The van der Waals surface area contributed by atoms with Gasteiger partial charge in [0.25, 0.3) is 0 Å². The summed E-state index contributed by atoms with van der Waals surface area (Å²) in [6.45, 7) is 12.7. The molecule has 0 aromatic heterocycles. The summed E-state index contributed by atoms with van der Waals surface area (Å²) < 4.78 is 0. The van der Waals surface area contributed by atoms with E-state index in [1.807, 2.05) is 6.92 Å². The van der Waals surface area contributed by atoms with Crippen molar-refractivity contribution in [3.63, 3.8) is 0 Å². The highest BCUT2D eigenvalue weighted by Gasteiger charge is 1.68. The van der Waals surface area contributed by atoms with E-state index < -0.39 is 0 Å². The van der Waals surface area contributed by atoms with Crippen molar-refractivity contribution in [2.45, 2.75) is 41.5 Å². The zero-order valence-electron chi connectivity index (χ0n) is 7.65. The van der Waals surface area contributed by atoms with Crippen molar-refractivity contribution >= 4 is 0 Å². The molecule has 0 saturated heterocycles. The van der Waals surface area contributed by atoms with Crippen molar-refractivity contribution in [3.05, 3.63) is 11.6 Å². The van der Waals surface area contributed by atoms with Crippen molar-refractivity contribution in [2.75, 3.05) is 0 Å². The van der Waals surface area contributed by atoms with Crippen molar-refractivity contribution in [2.24, 2.45) is 5.92 Å². The Labute approximate surface area is 60.0 Å². The lowest BCUT2D eigenvalue weighted by atomic mass is 10.3. The van der Waals surface area contributed by atoms with Crippen molar-refractivity contribution in [1.82, 2.24) is 0 Å². The Hall–Kier alpha value is -0.260. The van der Waals surface area contributed by atoms with Crippen LogP contribution in [0, 0.1) is 5.92 Å². The van der Waals surface area contributed by atoms with Gasteiger partial charge in [-0.05, 0) is 26.7 Å². The number of rotatable bonds is 0. The maximum absolute atomic E-state index is 2.17. The van der Waals surface area contributed by atoms with Gasteiger partial charge in [0.05, 0.1) is 0 Å². The molecule has 0 aromatic rings. The minimum absolute atomic E-state index is 0.833. The minimum atomic E-state index is 0.833. The van der Waals surface area contributed by atoms with E-state index in [1.165, 1.54) is 5.57 Å². The zero-order chi connectivity index (χ0) is 7.86. The zero-order valence-corrected chi connectivity index (χ0v) is 7.65. The van der Waals surface area contributed by atoms with Gasteiger partial charge in [0.1, 0.15) is 0 Å². The smallest absolute Gasteiger partial charge is 0.0442 e. The second kappa shape index (κ2) is 7.74. The fourth-order valence-corrected chi connectivity index (χ4v) is 0. The van der Waals surface area contributed by atoms with E-state index in [4.69, 9.17) is 0 Å². The fourth-order valence-electron chi connectivity index (χ4n) is 0. The molecule has 0 aliphatic carbocycles. The lowest BCUT2D eigenvalue weighted by Crippen LogP contribution is -1.66. The van der Waals surface area contributed by atoms with Crippen LogP contribution in [0.2, 0.25) is 0 Å². The van der Waals surface area contributed by atoms with Gasteiger partial charge in [-0.15, -0.1) is 0 Å². The van der Waals surface area contributed by atoms with Gasteiger partial charge in [-0.25, -0.2) is 0 Å². The summed E-state index contributed by atoms with van der Waals surface area (Å²) in [6.07, 6.45) is 2.08. The van der Waals surface area contributed by atoms with E-state index in [0.29, 0.717) is 0 Å². The predicted octanol–water partition coefficient (Wildman–Crippen LogP) is 3.63. The van der Waals surface area contributed by atoms with Crippen LogP contribution in [0.15, 0.2) is 11.6 Å². The molecule has 56 valence electrons. The van der Waals surface area contributed by atoms with Crippen molar-refractivity contribution in [3.8, 4) is 0 Å². The van der Waals surface area contributed by atoms with Gasteiger partial charge in [-0.1, -0.05) is 32.4 Å². The second-order valence-corrected chi connectivity index (χ2v) is 3.10. The van der Waals surface area contributed by atoms with Crippen LogP contribution in [0.3, 0.4) is 0 Å². The summed E-state index contributed by atoms with van der Waals surface area (Å²) in [5, 5.41) is 0. The molecule has 0 heteroatoms. The van der Waals surface area contributed by atoms with Gasteiger partial charge in [0, 0.05) is 0 Å². The third kappa shape index (κ3) is 84.2. The molecule has 0 aromatic carbocycles. The minimum Gasteiger partial charge on any atom is -0.0890 e. The van der Waals surface area contributed by atoms with Gasteiger partial charge in [-0.3, -0.25) is 0 Å². The predicted molar refractivity (Wildman–Crippen MR) is 45.6 cm³/mol. The molecule has 9 heavy (non-hydrogen) atoms. The van der Waals surface area contributed by atoms with E-state index in [1.54, 1.807) is 0 Å². The van der Waals surface area contributed by atoms with Gasteiger partial charge in [-0.2, -0.15) is 0 Å². The fraction of sp³-hybridized carbons (Fsp3) is 0.778. The summed E-state index contributed by atoms with van der Waals surface area (Å²) in [7, 11) is 0. The van der Waals surface area contributed by atoms with Crippen LogP contribution in [0.4, 0.5) is 0 Å². The summed E-state index contributed by atoms with van der Waals surface area (Å²) in [5.41, 5.74) is 1.38. The van der Waals surface area contributed by atoms with Crippen molar-refractivity contribution in [1.29, 1.82) is 0 Å². The molecule has 0 rings (SSSR count). The Morgan fingerprint density at radius 1 is 1.11 bits per heavy atom. The highest BCUT2D eigenvalue weighted by molar-refractivity contribution is 4.88. The summed E-state index contributed by atoms with van der Waals surface area (Å²) in [6, 6.07) is 0. The molecule has 0 bridgehead atoms. The molecule has 0 radical (unpaired) electrons. The summed E-state index contributed by atoms with van der Waals surface area (Å²) >= 11 is 0. The van der Waals surface area contributed by atoms with Crippen LogP contribution in [-0.4, -0.2) is 0 Å². The van der Waals surface area contributed by atoms with Crippen LogP contribution in [0.1, 0.15) is 41.5 Å². The van der Waals surface area contributed by atoms with Crippen LogP contribution >= 0.6 is 0 Å². The molecular weight excluding hydrogens is 108 g/mol. The van der Waals surface area contributed by atoms with E-state index in [2.05, 4.69) is 40.7 Å². The Kier molecular flexibility index (Phi) is 9.91. The monoisotopic (exact) mass is 128 g/mol. The van der Waals surface area contributed by atoms with Gasteiger partial charge in [0.2, 0.25) is 0 Å². The average molecular weight is 128 g/mol. The maximum Gasteiger partial charge on any atom is -0.0442 e. The van der Waals surface area contributed by atoms with Crippen molar-refractivity contribution < 1.29 is 0 Å². The molecule has 0 aliphatic heterocycles. The molecule has 0 atom stereocenters. The highest BCUT2D eigenvalue weighted by Crippen LogP contribution is 1.82. The maximum atomic E-state index is 2.17. The molecule has 0 spiro atoms. The first-order valence-corrected chi connectivity index (χ1v) is 3.60. The largest absolute Gasteiger partial charge is 0.0890 e. The molecule has 0 fully saturated rings. The molecular formula is C9H20. The van der Waals surface area contributed by atoms with Gasteiger partial charge in [0.15, 0.2) is 0 Å². The summed E-state index contributed by atoms with van der Waals surface area (Å²) in [4.78, 5) is 0. The molecule has 0 N–H and O–H groups in total. The van der Waals surface area contributed by atoms with Crippen LogP contribution in [0.25, 0.3) is 0 Å². The molecule has 0 aliphatic rings. The summed E-state index contributed by atoms with van der Waals surface area (Å²) in [5.74, 6) is 0.833. The highest BCUT2D eigenvalue weighted by atomic mass is 13.7. The Morgan fingerprint density at radius 2 is 1.22 bits per heavy atom. The van der Waals surface area contributed by atoms with E-state index >= 15 is 0 Å². The average Bonchev–Trinajstić information content (AvgIpc) is 1.65. The number of hydrogen-bond donors (Lipinski definition) is 0. The van der Waals surface area contributed by atoms with Crippen LogP contribution < -0.4 is 0 Å². The Balaban J connectivity index is 0. The third-order valence-corrected chi connectivity index (χ3v) is 0.577. The molecule has 0 amide bonds. The Morgan fingerprint density at radius 3 is 1.22 bits per heavy atom. The first-order valence-electron chi connectivity index (χ1n) is 3.60. The standard InChI is InChI=1S/C5H10.C4H10/c1-4-5(2)3;1-4(2)3/h4H,1-3H3;4H,1-3H3. The first kappa shape index (κ1) is 11.5. The van der Waals surface area contributed by atoms with Crippen LogP contribution in [-0.2, 0) is 0 Å². The lowest BCUT2D eigenvalue weighted by Gasteiger charge is -1.79. The first-order chi connectivity index (χ1) is 4.00. The van der Waals surface area contributed by atoms with E-state index in [9.17, 15) is 0 Å². The molecule has 0 nitrogen and oxygen atoms in total. The van der Waals surface area contributed by atoms with E-state index in [-0.39, 0.29) is 0 Å². The molecule has 0 unspecified atom stereocenters. The van der Waals surface area contributed by atoms with Gasteiger partial charge < -0.3 is 0 Å². The van der Waals surface area contributed by atoms with Gasteiger partial charge >= 0.3 is 0 Å². The SMILES string of the molecule is CC(C)C.CC=C(C)C. The normalized spacial score (nSPS) is 7.89. The molecule has 0 saturated carbocycles. The quantitative estimate of drug-likeness (QED) is 0.437. The Bertz CT molecular complexity index is 61.4. The lowest BCUT2D eigenvalue weighted by molar-refractivity contribution is 0.737. The third-order valence-electron chi connectivity index (χ3n) is 0.577. The van der Waals surface area contributed by atoms with Crippen LogP contribution in [0.5, 0.6) is 0 Å². The number of allylic oxidation sites excluding steroid dienone is 2. The molecule has 0 heterocycles.